The predicted octanol–water partition coefficient (Wildman–Crippen LogP) is 1.39. The third-order valence-corrected chi connectivity index (χ3v) is 6.56. The Bertz CT molecular complexity index is 1030. The molecule has 9 heteroatoms. The molecule has 1 aliphatic carbocycles. The van der Waals surface area contributed by atoms with Gasteiger partial charge >= 0.3 is 0 Å². The number of benzene rings is 2. The Kier molecular flexibility index (Phi) is 7.20. The van der Waals surface area contributed by atoms with Crippen LogP contribution in [-0.4, -0.2) is 71.7 Å². The van der Waals surface area contributed by atoms with Gasteiger partial charge in [-0.1, -0.05) is 18.2 Å². The molecule has 1 spiro atoms. The summed E-state index contributed by atoms with van der Waals surface area (Å²) in [5.74, 6) is -0.406. The summed E-state index contributed by atoms with van der Waals surface area (Å²) in [7, 11) is 1.42. The number of aliphatic hydroxyl groups excluding tert-OH is 3. The predicted molar refractivity (Wildman–Crippen MR) is 120 cm³/mol. The number of rotatable bonds is 8. The molecule has 2 aromatic rings. The van der Waals surface area contributed by atoms with Crippen molar-refractivity contribution in [2.75, 3.05) is 20.3 Å². The quantitative estimate of drug-likeness (QED) is 0.456. The number of amides is 1. The molecule has 1 saturated heterocycles. The van der Waals surface area contributed by atoms with Gasteiger partial charge in [-0.15, -0.1) is 0 Å². The topological polar surface area (TPSA) is 117 Å². The molecule has 2 aliphatic rings. The van der Waals surface area contributed by atoms with Crippen LogP contribution in [0.2, 0.25) is 0 Å². The number of hydrogen-bond donors (Lipinski definition) is 4. The Balaban J connectivity index is 1.60. The number of ether oxygens (including phenoxy) is 3. The molecular formula is C25H30FNO7. The van der Waals surface area contributed by atoms with Crippen molar-refractivity contribution in [2.24, 2.45) is 5.92 Å². The molecule has 8 nitrogen and oxygen atoms in total. The van der Waals surface area contributed by atoms with Crippen LogP contribution in [0.25, 0.3) is 11.1 Å². The van der Waals surface area contributed by atoms with Crippen molar-refractivity contribution in [3.63, 3.8) is 0 Å². The Morgan fingerprint density at radius 3 is 2.68 bits per heavy atom. The van der Waals surface area contributed by atoms with E-state index >= 15 is 0 Å². The van der Waals surface area contributed by atoms with Crippen molar-refractivity contribution in [1.82, 2.24) is 5.32 Å². The summed E-state index contributed by atoms with van der Waals surface area (Å²) in [6.45, 7) is 1.72. The van der Waals surface area contributed by atoms with E-state index < -0.39 is 30.2 Å². The molecule has 0 radical (unpaired) electrons. The highest BCUT2D eigenvalue weighted by Gasteiger charge is 2.68. The van der Waals surface area contributed by atoms with Crippen molar-refractivity contribution in [3.05, 3.63) is 53.8 Å². The minimum absolute atomic E-state index is 0.137. The lowest BCUT2D eigenvalue weighted by Crippen LogP contribution is -2.61. The smallest absolute Gasteiger partial charge is 0.229 e. The Hall–Kier alpha value is -2.56. The molecule has 2 unspecified atom stereocenters. The third kappa shape index (κ3) is 4.80. The molecule has 0 bridgehead atoms. The Labute approximate surface area is 197 Å². The molecule has 2 fully saturated rings. The Morgan fingerprint density at radius 2 is 2.03 bits per heavy atom. The normalized spacial score (nSPS) is 30.2. The molecule has 4 rings (SSSR count). The van der Waals surface area contributed by atoms with Gasteiger partial charge in [-0.05, 0) is 53.8 Å². The van der Waals surface area contributed by atoms with Gasteiger partial charge in [0.2, 0.25) is 12.2 Å². The van der Waals surface area contributed by atoms with Crippen LogP contribution in [0.3, 0.4) is 0 Å². The van der Waals surface area contributed by atoms with E-state index in [0.29, 0.717) is 36.3 Å². The van der Waals surface area contributed by atoms with Crippen LogP contribution in [0.5, 0.6) is 5.75 Å². The highest BCUT2D eigenvalue weighted by Crippen LogP contribution is 2.54. The monoisotopic (exact) mass is 475 g/mol. The highest BCUT2D eigenvalue weighted by atomic mass is 19.1. The number of hydrogen-bond acceptors (Lipinski definition) is 7. The van der Waals surface area contributed by atoms with E-state index in [-0.39, 0.29) is 24.2 Å². The second-order valence-electron chi connectivity index (χ2n) is 8.84. The van der Waals surface area contributed by atoms with Gasteiger partial charge in [0.15, 0.2) is 0 Å². The van der Waals surface area contributed by atoms with Crippen LogP contribution in [0.4, 0.5) is 4.39 Å². The van der Waals surface area contributed by atoms with Gasteiger partial charge in [0.1, 0.15) is 35.5 Å². The van der Waals surface area contributed by atoms with Gasteiger partial charge in [0.05, 0.1) is 0 Å². The molecule has 4 N–H and O–H groups in total. The first kappa shape index (κ1) is 24.6. The minimum atomic E-state index is -1.38. The first-order valence-corrected chi connectivity index (χ1v) is 11.3. The number of aliphatic hydroxyl groups is 3. The fraction of sp³-hybridized carbons (Fsp3) is 0.480. The van der Waals surface area contributed by atoms with E-state index in [9.17, 15) is 24.5 Å². The summed E-state index contributed by atoms with van der Waals surface area (Å²) in [5.41, 5.74) is 1.27. The number of halogens is 1. The van der Waals surface area contributed by atoms with E-state index in [1.807, 2.05) is 6.07 Å². The Morgan fingerprint density at radius 1 is 1.24 bits per heavy atom. The van der Waals surface area contributed by atoms with Crippen LogP contribution in [0.1, 0.15) is 18.9 Å². The molecule has 1 amide bonds. The van der Waals surface area contributed by atoms with Gasteiger partial charge in [-0.2, -0.15) is 0 Å². The maximum atomic E-state index is 13.9. The second kappa shape index (κ2) is 9.97. The summed E-state index contributed by atoms with van der Waals surface area (Å²) in [5, 5.41) is 33.6. The minimum Gasteiger partial charge on any atom is -0.462 e. The van der Waals surface area contributed by atoms with E-state index in [0.717, 1.165) is 5.56 Å². The lowest BCUT2D eigenvalue weighted by atomic mass is 9.95. The lowest BCUT2D eigenvalue weighted by molar-refractivity contribution is -0.291. The maximum Gasteiger partial charge on any atom is 0.229 e. The molecule has 2 aromatic carbocycles. The van der Waals surface area contributed by atoms with Crippen LogP contribution >= 0.6 is 0 Å². The van der Waals surface area contributed by atoms with Gasteiger partial charge < -0.3 is 34.8 Å². The fourth-order valence-electron chi connectivity index (χ4n) is 4.73. The zero-order valence-corrected chi connectivity index (χ0v) is 19.1. The van der Waals surface area contributed by atoms with Crippen LogP contribution < -0.4 is 10.1 Å². The molecule has 184 valence electrons. The highest BCUT2D eigenvalue weighted by molar-refractivity contribution is 5.73. The van der Waals surface area contributed by atoms with Crippen LogP contribution in [-0.2, 0) is 20.7 Å². The fourth-order valence-corrected chi connectivity index (χ4v) is 4.73. The largest absolute Gasteiger partial charge is 0.462 e. The van der Waals surface area contributed by atoms with Crippen LogP contribution in [0, 0.1) is 11.7 Å². The van der Waals surface area contributed by atoms with Crippen molar-refractivity contribution in [2.45, 2.75) is 50.0 Å². The summed E-state index contributed by atoms with van der Waals surface area (Å²) in [4.78, 5) is 11.3. The molecule has 0 aromatic heterocycles. The molecule has 1 aliphatic heterocycles. The van der Waals surface area contributed by atoms with E-state index in [4.69, 9.17) is 14.2 Å². The van der Waals surface area contributed by atoms with Gasteiger partial charge in [0, 0.05) is 33.1 Å². The van der Waals surface area contributed by atoms with Crippen molar-refractivity contribution in [3.8, 4) is 16.9 Å². The second-order valence-corrected chi connectivity index (χ2v) is 8.84. The summed E-state index contributed by atoms with van der Waals surface area (Å²) in [6, 6.07) is 11.4. The first-order chi connectivity index (χ1) is 16.3. The standard InChI is InChI=1S/C25H30FNO7/c1-14(29)27-9-8-15-6-7-19(11-20(15)16-4-3-5-18(26)10-16)33-24-22(31)21(30)23(32-2)25(34-24)12-17(25)13-28/h3-7,10-11,17,21-24,28,30-31H,8-9,12-13H2,1-2H3,(H,27,29)/t17?,21-,22+,23+,24+,25?/m0/s1. The SMILES string of the molecule is CO[C@@H]1[C@@H](O)[C@@H](O)[C@H](Oc2ccc(CCNC(C)=O)c(-c3cccc(F)c3)c2)OC12CC2CO. The number of carbonyl (C=O) groups is 1. The molecule has 34 heavy (non-hydrogen) atoms. The van der Waals surface area contributed by atoms with Crippen molar-refractivity contribution >= 4 is 5.91 Å². The molecule has 6 atom stereocenters. The number of carbonyl (C=O) groups excluding carboxylic acids is 1. The molecule has 1 saturated carbocycles. The van der Waals surface area contributed by atoms with Crippen LogP contribution in [0.15, 0.2) is 42.5 Å². The van der Waals surface area contributed by atoms with E-state index in [1.165, 1.54) is 26.2 Å². The zero-order chi connectivity index (χ0) is 24.5. The summed E-state index contributed by atoms with van der Waals surface area (Å²) in [6.07, 6.45) is -3.64. The third-order valence-electron chi connectivity index (χ3n) is 6.56. The average Bonchev–Trinajstić information content (AvgIpc) is 3.51. The molecule has 1 heterocycles. The van der Waals surface area contributed by atoms with E-state index in [1.54, 1.807) is 24.3 Å². The van der Waals surface area contributed by atoms with Gasteiger partial charge in [-0.25, -0.2) is 4.39 Å². The lowest BCUT2D eigenvalue weighted by Gasteiger charge is -2.43. The number of nitrogens with one attached hydrogen (secondary N) is 1. The van der Waals surface area contributed by atoms with Gasteiger partial charge in [-0.3, -0.25) is 4.79 Å². The van der Waals surface area contributed by atoms with Crippen molar-refractivity contribution < 1.29 is 38.7 Å². The first-order valence-electron chi connectivity index (χ1n) is 11.3. The zero-order valence-electron chi connectivity index (χ0n) is 19.1. The van der Waals surface area contributed by atoms with Crippen molar-refractivity contribution in [1.29, 1.82) is 0 Å². The number of methoxy groups -OCH3 is 1. The van der Waals surface area contributed by atoms with E-state index in [2.05, 4.69) is 5.32 Å². The average molecular weight is 476 g/mol. The van der Waals surface area contributed by atoms with Gasteiger partial charge in [0.25, 0.3) is 0 Å². The maximum absolute atomic E-state index is 13.9. The summed E-state index contributed by atoms with van der Waals surface area (Å²) < 4.78 is 31.3. The summed E-state index contributed by atoms with van der Waals surface area (Å²) >= 11 is 0. The molecular weight excluding hydrogens is 445 g/mol.